The predicted molar refractivity (Wildman–Crippen MR) is 50.2 cm³/mol. The van der Waals surface area contributed by atoms with E-state index >= 15 is 0 Å². The Kier molecular flexibility index (Phi) is 7.74. The lowest BCUT2D eigenvalue weighted by atomic mass is 10.4. The first-order valence-electron chi connectivity index (χ1n) is 3.17. The summed E-state index contributed by atoms with van der Waals surface area (Å²) in [6, 6.07) is 12.0. The smallest absolute Gasteiger partial charge is 0.0367 e. The Bertz CT molecular complexity index is 125. The van der Waals surface area contributed by atoms with E-state index in [9.17, 15) is 0 Å². The second kappa shape index (κ2) is 8.31. The van der Waals surface area contributed by atoms with Gasteiger partial charge < -0.3 is 0 Å². The van der Waals surface area contributed by atoms with Crippen LogP contribution in [0.4, 0.5) is 0 Å². The van der Waals surface area contributed by atoms with Gasteiger partial charge in [0.15, 0.2) is 0 Å². The minimum atomic E-state index is 1.69. The van der Waals surface area contributed by atoms with Gasteiger partial charge in [-0.25, -0.2) is 0 Å². The van der Waals surface area contributed by atoms with Crippen LogP contribution in [0.3, 0.4) is 0 Å². The molecule has 0 aliphatic heterocycles. The molecule has 0 fully saturated rings. The lowest BCUT2D eigenvalue weighted by Crippen LogP contribution is -1.47. The van der Waals surface area contributed by atoms with Crippen molar-refractivity contribution >= 4 is 12.6 Å². The van der Waals surface area contributed by atoms with Crippen LogP contribution in [0, 0.1) is 0 Å². The summed E-state index contributed by atoms with van der Waals surface area (Å²) in [6.07, 6.45) is 1.86. The van der Waals surface area contributed by atoms with Gasteiger partial charge in [0.2, 0.25) is 0 Å². The van der Waals surface area contributed by atoms with E-state index in [1.807, 2.05) is 49.4 Å². The van der Waals surface area contributed by atoms with Gasteiger partial charge >= 0.3 is 0 Å². The summed E-state index contributed by atoms with van der Waals surface area (Å²) < 4.78 is 0. The molecule has 0 saturated carbocycles. The Hall–Kier alpha value is -0.690. The first kappa shape index (κ1) is 9.31. The second-order valence-corrected chi connectivity index (χ2v) is 1.94. The summed E-state index contributed by atoms with van der Waals surface area (Å²) in [7, 11) is 0. The maximum absolute atomic E-state index is 3.74. The van der Waals surface area contributed by atoms with Gasteiger partial charge in [-0.05, 0) is 12.3 Å². The number of hydrogen-bond acceptors (Lipinski definition) is 1. The number of thiol groups is 1. The molecular formula is C9H12S. The third-order valence-corrected chi connectivity index (χ3v) is 1.11. The van der Waals surface area contributed by atoms with Crippen LogP contribution in [-0.2, 0) is 0 Å². The van der Waals surface area contributed by atoms with Gasteiger partial charge in [-0.15, -0.1) is 0 Å². The highest BCUT2D eigenvalue weighted by Gasteiger charge is 1.57. The summed E-state index contributed by atoms with van der Waals surface area (Å²) in [4.78, 5) is 0. The zero-order chi connectivity index (χ0) is 7.66. The van der Waals surface area contributed by atoms with Crippen LogP contribution in [0.25, 0.3) is 0 Å². The molecule has 54 valence electrons. The molecular weight excluding hydrogens is 140 g/mol. The third kappa shape index (κ3) is 7.31. The highest BCUT2D eigenvalue weighted by Crippen LogP contribution is 1.79. The van der Waals surface area contributed by atoms with Gasteiger partial charge in [-0.2, -0.15) is 12.6 Å². The molecule has 0 aliphatic rings. The second-order valence-electron chi connectivity index (χ2n) is 1.64. The minimum Gasteiger partial charge on any atom is -0.152 e. The molecule has 0 bridgehead atoms. The molecule has 0 N–H and O–H groups in total. The Labute approximate surface area is 68.0 Å². The zero-order valence-electron chi connectivity index (χ0n) is 6.07. The lowest BCUT2D eigenvalue weighted by Gasteiger charge is -1.69. The molecule has 0 nitrogen and oxygen atoms in total. The average molecular weight is 152 g/mol. The van der Waals surface area contributed by atoms with Crippen LogP contribution in [0.1, 0.15) is 6.92 Å². The van der Waals surface area contributed by atoms with Gasteiger partial charge in [0.05, 0.1) is 0 Å². The van der Waals surface area contributed by atoms with Crippen LogP contribution in [0.15, 0.2) is 47.9 Å². The van der Waals surface area contributed by atoms with Crippen molar-refractivity contribution in [3.63, 3.8) is 0 Å². The largest absolute Gasteiger partial charge is 0.152 e. The SMILES string of the molecule is CC=CS.c1ccccc1. The van der Waals surface area contributed by atoms with E-state index in [0.717, 1.165) is 0 Å². The molecule has 0 heterocycles. The highest BCUT2D eigenvalue weighted by atomic mass is 32.1. The molecule has 1 aromatic rings. The Morgan fingerprint density at radius 1 is 0.900 bits per heavy atom. The Morgan fingerprint density at radius 3 is 1.20 bits per heavy atom. The molecule has 0 atom stereocenters. The molecule has 1 rings (SSSR count). The van der Waals surface area contributed by atoms with Crippen molar-refractivity contribution in [2.45, 2.75) is 6.92 Å². The fourth-order valence-electron chi connectivity index (χ4n) is 0.385. The van der Waals surface area contributed by atoms with Gasteiger partial charge in [-0.1, -0.05) is 42.5 Å². The van der Waals surface area contributed by atoms with Crippen molar-refractivity contribution in [2.24, 2.45) is 0 Å². The molecule has 0 amide bonds. The summed E-state index contributed by atoms with van der Waals surface area (Å²) in [5.41, 5.74) is 0. The average Bonchev–Trinajstić information content (AvgIpc) is 2.08. The summed E-state index contributed by atoms with van der Waals surface area (Å²) >= 11 is 3.74. The normalized spacial score (nSPS) is 8.60. The molecule has 0 aliphatic carbocycles. The van der Waals surface area contributed by atoms with Crippen molar-refractivity contribution in [1.82, 2.24) is 0 Å². The Morgan fingerprint density at radius 2 is 1.10 bits per heavy atom. The van der Waals surface area contributed by atoms with E-state index in [2.05, 4.69) is 12.6 Å². The fourth-order valence-corrected chi connectivity index (χ4v) is 0.385. The monoisotopic (exact) mass is 152 g/mol. The van der Waals surface area contributed by atoms with Gasteiger partial charge in [0.25, 0.3) is 0 Å². The van der Waals surface area contributed by atoms with Gasteiger partial charge in [0, 0.05) is 0 Å². The third-order valence-electron chi connectivity index (χ3n) is 0.816. The maximum Gasteiger partial charge on any atom is -0.0367 e. The van der Waals surface area contributed by atoms with E-state index < -0.39 is 0 Å². The van der Waals surface area contributed by atoms with E-state index in [0.29, 0.717) is 0 Å². The fraction of sp³-hybridized carbons (Fsp3) is 0.111. The van der Waals surface area contributed by atoms with Crippen LogP contribution in [0.5, 0.6) is 0 Å². The molecule has 0 unspecified atom stereocenters. The molecule has 0 aromatic heterocycles. The number of benzene rings is 1. The molecule has 10 heavy (non-hydrogen) atoms. The first-order valence-corrected chi connectivity index (χ1v) is 3.69. The van der Waals surface area contributed by atoms with Crippen molar-refractivity contribution in [1.29, 1.82) is 0 Å². The lowest BCUT2D eigenvalue weighted by molar-refractivity contribution is 1.72. The van der Waals surface area contributed by atoms with Crippen LogP contribution < -0.4 is 0 Å². The van der Waals surface area contributed by atoms with E-state index in [4.69, 9.17) is 0 Å². The molecule has 1 heteroatoms. The molecule has 0 spiro atoms. The first-order chi connectivity index (χ1) is 4.91. The highest BCUT2D eigenvalue weighted by molar-refractivity contribution is 7.83. The zero-order valence-corrected chi connectivity index (χ0v) is 6.96. The van der Waals surface area contributed by atoms with Crippen LogP contribution >= 0.6 is 12.6 Å². The standard InChI is InChI=1S/C6H6.C3H6S/c1-2-4-6-5-3-1;1-2-3-4/h1-6H;2-4H,1H3. The van der Waals surface area contributed by atoms with Crippen molar-refractivity contribution in [3.05, 3.63) is 47.9 Å². The predicted octanol–water partition coefficient (Wildman–Crippen LogP) is 3.14. The van der Waals surface area contributed by atoms with Gasteiger partial charge in [0.1, 0.15) is 0 Å². The summed E-state index contributed by atoms with van der Waals surface area (Å²) in [6.45, 7) is 1.92. The number of allylic oxidation sites excluding steroid dienone is 1. The number of rotatable bonds is 0. The maximum atomic E-state index is 3.74. The van der Waals surface area contributed by atoms with Crippen molar-refractivity contribution in [3.8, 4) is 0 Å². The quantitative estimate of drug-likeness (QED) is 0.542. The molecule has 0 radical (unpaired) electrons. The molecule has 0 saturated heterocycles. The number of hydrogen-bond donors (Lipinski definition) is 1. The van der Waals surface area contributed by atoms with Crippen LogP contribution in [-0.4, -0.2) is 0 Å². The van der Waals surface area contributed by atoms with Crippen molar-refractivity contribution < 1.29 is 0 Å². The molecule has 1 aromatic carbocycles. The topological polar surface area (TPSA) is 0 Å². The Balaban J connectivity index is 0.000000180. The van der Waals surface area contributed by atoms with E-state index in [-0.39, 0.29) is 0 Å². The summed E-state index contributed by atoms with van der Waals surface area (Å²) in [5, 5.41) is 1.69. The minimum absolute atomic E-state index is 1.69. The van der Waals surface area contributed by atoms with Crippen LogP contribution in [0.2, 0.25) is 0 Å². The van der Waals surface area contributed by atoms with Gasteiger partial charge in [-0.3, -0.25) is 0 Å². The summed E-state index contributed by atoms with van der Waals surface area (Å²) in [5.74, 6) is 0. The van der Waals surface area contributed by atoms with Crippen molar-refractivity contribution in [2.75, 3.05) is 0 Å². The van der Waals surface area contributed by atoms with E-state index in [1.165, 1.54) is 0 Å². The van der Waals surface area contributed by atoms with E-state index in [1.54, 1.807) is 5.41 Å².